The van der Waals surface area contributed by atoms with Gasteiger partial charge in [-0.15, -0.1) is 13.2 Å². The van der Waals surface area contributed by atoms with Crippen LogP contribution in [-0.2, 0) is 0 Å². The van der Waals surface area contributed by atoms with Gasteiger partial charge in [0, 0.05) is 31.6 Å². The number of Topliss-reactive ketones (excluding diaryl/α,β-unsaturated/α-hetero) is 1. The van der Waals surface area contributed by atoms with Crippen LogP contribution in [0.1, 0.15) is 74.6 Å². The lowest BCUT2D eigenvalue weighted by Gasteiger charge is -2.13. The Morgan fingerprint density at radius 2 is 1.57 bits per heavy atom. The highest BCUT2D eigenvalue weighted by atomic mass is 19.1. The van der Waals surface area contributed by atoms with Crippen LogP contribution in [0.15, 0.2) is 55.7 Å². The number of ketones is 1. The first kappa shape index (κ1) is 32.7. The van der Waals surface area contributed by atoms with Gasteiger partial charge in [0.25, 0.3) is 0 Å². The van der Waals surface area contributed by atoms with Crippen molar-refractivity contribution in [2.45, 2.75) is 70.3 Å². The third-order valence-corrected chi connectivity index (χ3v) is 6.30. The fourth-order valence-corrected chi connectivity index (χ4v) is 4.11. The van der Waals surface area contributed by atoms with E-state index in [9.17, 15) is 14.3 Å². The molecule has 0 saturated carbocycles. The van der Waals surface area contributed by atoms with Crippen LogP contribution in [0.3, 0.4) is 0 Å². The Balaban J connectivity index is 2.18. The summed E-state index contributed by atoms with van der Waals surface area (Å²) in [5, 5.41) is 10.3. The highest BCUT2D eigenvalue weighted by Crippen LogP contribution is 2.20. The second-order valence-corrected chi connectivity index (χ2v) is 9.89. The van der Waals surface area contributed by atoms with Crippen LogP contribution in [0.5, 0.6) is 5.75 Å². The normalized spacial score (nSPS) is 12.4. The SMILES string of the molecule is C=CCN(C)C/C=C/COc1ccc(C(=O)C[C@@H](O)CCCCCCCCCCN(C)CC=C)cc1F. The molecule has 5 nitrogen and oxygen atoms in total. The zero-order chi connectivity index (χ0) is 27.3. The van der Waals surface area contributed by atoms with Crippen molar-refractivity contribution in [3.8, 4) is 5.75 Å². The van der Waals surface area contributed by atoms with Crippen LogP contribution in [0.2, 0.25) is 0 Å². The van der Waals surface area contributed by atoms with E-state index in [1.807, 2.05) is 31.4 Å². The Morgan fingerprint density at radius 1 is 0.946 bits per heavy atom. The van der Waals surface area contributed by atoms with Crippen LogP contribution < -0.4 is 4.74 Å². The number of aliphatic hydroxyl groups is 1. The number of hydrogen-bond donors (Lipinski definition) is 1. The van der Waals surface area contributed by atoms with Gasteiger partial charge in [0.15, 0.2) is 17.3 Å². The summed E-state index contributed by atoms with van der Waals surface area (Å²) in [5.41, 5.74) is 0.265. The van der Waals surface area contributed by atoms with E-state index in [-0.39, 0.29) is 30.1 Å². The molecular weight excluding hydrogens is 467 g/mol. The summed E-state index contributed by atoms with van der Waals surface area (Å²) in [6, 6.07) is 4.24. The molecule has 0 spiro atoms. The van der Waals surface area contributed by atoms with Crippen LogP contribution >= 0.6 is 0 Å². The highest BCUT2D eigenvalue weighted by Gasteiger charge is 2.15. The minimum atomic E-state index is -0.691. The molecule has 0 heterocycles. The monoisotopic (exact) mass is 516 g/mol. The molecule has 1 rings (SSSR count). The molecule has 37 heavy (non-hydrogen) atoms. The number of carbonyl (C=O) groups is 1. The molecule has 0 aliphatic carbocycles. The van der Waals surface area contributed by atoms with Crippen LogP contribution in [-0.4, -0.2) is 73.7 Å². The van der Waals surface area contributed by atoms with E-state index < -0.39 is 11.9 Å². The summed E-state index contributed by atoms with van der Waals surface area (Å²) in [5.74, 6) is -0.704. The van der Waals surface area contributed by atoms with Crippen LogP contribution in [0, 0.1) is 5.82 Å². The summed E-state index contributed by atoms with van der Waals surface area (Å²) in [6.07, 6.45) is 16.8. The number of likely N-dealkylation sites (N-methyl/N-ethyl adjacent to an activating group) is 2. The van der Waals surface area contributed by atoms with Gasteiger partial charge in [-0.05, 0) is 51.7 Å². The smallest absolute Gasteiger partial charge is 0.165 e. The Morgan fingerprint density at radius 3 is 2.22 bits per heavy atom. The molecule has 0 bridgehead atoms. The third kappa shape index (κ3) is 16.2. The van der Waals surface area contributed by atoms with E-state index in [0.29, 0.717) is 6.42 Å². The van der Waals surface area contributed by atoms with E-state index in [0.717, 1.165) is 45.4 Å². The Bertz CT molecular complexity index is 812. The predicted molar refractivity (Wildman–Crippen MR) is 153 cm³/mol. The maximum Gasteiger partial charge on any atom is 0.165 e. The van der Waals surface area contributed by atoms with E-state index >= 15 is 0 Å². The Hall–Kier alpha value is -2.28. The molecule has 208 valence electrons. The third-order valence-electron chi connectivity index (χ3n) is 6.30. The minimum Gasteiger partial charge on any atom is -0.486 e. The molecule has 0 amide bonds. The number of halogens is 1. The van der Waals surface area contributed by atoms with E-state index in [4.69, 9.17) is 4.74 Å². The first-order valence-electron chi connectivity index (χ1n) is 13.7. The Labute approximate surface area is 224 Å². The topological polar surface area (TPSA) is 53.0 Å². The van der Waals surface area contributed by atoms with Crippen molar-refractivity contribution in [2.75, 3.05) is 46.9 Å². The molecular formula is C31H49FN2O3. The highest BCUT2D eigenvalue weighted by molar-refractivity contribution is 5.96. The molecule has 1 aromatic carbocycles. The molecule has 1 N–H and O–H groups in total. The van der Waals surface area contributed by atoms with Gasteiger partial charge in [0.1, 0.15) is 6.61 Å². The number of unbranched alkanes of at least 4 members (excludes halogenated alkanes) is 7. The van der Waals surface area contributed by atoms with Crippen molar-refractivity contribution >= 4 is 5.78 Å². The van der Waals surface area contributed by atoms with E-state index in [1.165, 1.54) is 44.2 Å². The average Bonchev–Trinajstić information content (AvgIpc) is 2.86. The largest absolute Gasteiger partial charge is 0.486 e. The zero-order valence-corrected chi connectivity index (χ0v) is 23.2. The molecule has 1 aromatic rings. The standard InChI is InChI=1S/C31H49FN2O3/c1-5-20-33(3)22-14-12-10-8-7-9-11-13-17-28(35)26-30(36)27-18-19-31(29(32)25-27)37-24-16-15-23-34(4)21-6-2/h5-6,15-16,18-19,25,28,35H,1-2,7-14,17,20-24,26H2,3-4H3/b16-15+/t28-/m0/s1. The molecule has 0 fully saturated rings. The van der Waals surface area contributed by atoms with Gasteiger partial charge in [-0.1, -0.05) is 69.2 Å². The summed E-state index contributed by atoms with van der Waals surface area (Å²) in [7, 11) is 4.11. The van der Waals surface area contributed by atoms with Crippen molar-refractivity contribution in [2.24, 2.45) is 0 Å². The number of hydrogen-bond acceptors (Lipinski definition) is 5. The summed E-state index contributed by atoms with van der Waals surface area (Å²) >= 11 is 0. The van der Waals surface area contributed by atoms with Crippen LogP contribution in [0.25, 0.3) is 0 Å². The fraction of sp³-hybridized carbons (Fsp3) is 0.581. The maximum atomic E-state index is 14.4. The maximum absolute atomic E-state index is 14.4. The fourth-order valence-electron chi connectivity index (χ4n) is 4.11. The summed E-state index contributed by atoms with van der Waals surface area (Å²) in [6.45, 7) is 11.3. The van der Waals surface area contributed by atoms with Crippen molar-refractivity contribution in [3.05, 3.63) is 67.0 Å². The van der Waals surface area contributed by atoms with Gasteiger partial charge in [-0.25, -0.2) is 4.39 Å². The minimum absolute atomic E-state index is 0.0148. The summed E-state index contributed by atoms with van der Waals surface area (Å²) in [4.78, 5) is 16.8. The van der Waals surface area contributed by atoms with E-state index in [1.54, 1.807) is 6.07 Å². The number of nitrogens with zero attached hydrogens (tertiary/aromatic N) is 2. The van der Waals surface area contributed by atoms with Crippen LogP contribution in [0.4, 0.5) is 4.39 Å². The van der Waals surface area contributed by atoms with E-state index in [2.05, 4.69) is 30.0 Å². The molecule has 0 radical (unpaired) electrons. The molecule has 0 aliphatic rings. The molecule has 0 unspecified atom stereocenters. The van der Waals surface area contributed by atoms with Gasteiger partial charge in [0.05, 0.1) is 6.10 Å². The van der Waals surface area contributed by atoms with Crippen molar-refractivity contribution in [1.29, 1.82) is 0 Å². The number of rotatable bonds is 23. The lowest BCUT2D eigenvalue weighted by atomic mass is 10.0. The predicted octanol–water partition coefficient (Wildman–Crippen LogP) is 6.44. The van der Waals surface area contributed by atoms with Gasteiger partial charge in [-0.3, -0.25) is 9.69 Å². The quantitative estimate of drug-likeness (QED) is 0.103. The second-order valence-electron chi connectivity index (χ2n) is 9.89. The number of benzene rings is 1. The molecule has 1 atom stereocenters. The van der Waals surface area contributed by atoms with Gasteiger partial charge >= 0.3 is 0 Å². The van der Waals surface area contributed by atoms with Crippen molar-refractivity contribution < 1.29 is 19.0 Å². The Kier molecular flexibility index (Phi) is 18.4. The summed E-state index contributed by atoms with van der Waals surface area (Å²) < 4.78 is 19.8. The number of ether oxygens (including phenoxy) is 1. The van der Waals surface area contributed by atoms with Gasteiger partial charge in [-0.2, -0.15) is 0 Å². The zero-order valence-electron chi connectivity index (χ0n) is 23.2. The average molecular weight is 517 g/mol. The lowest BCUT2D eigenvalue weighted by molar-refractivity contribution is 0.0863. The lowest BCUT2D eigenvalue weighted by Crippen LogP contribution is -2.19. The first-order valence-corrected chi connectivity index (χ1v) is 13.7. The molecule has 6 heteroatoms. The molecule has 0 aromatic heterocycles. The number of aliphatic hydroxyl groups excluding tert-OH is 1. The second kappa shape index (κ2) is 20.7. The van der Waals surface area contributed by atoms with Crippen molar-refractivity contribution in [1.82, 2.24) is 9.80 Å². The van der Waals surface area contributed by atoms with Crippen molar-refractivity contribution in [3.63, 3.8) is 0 Å². The number of carbonyl (C=O) groups excluding carboxylic acids is 1. The van der Waals surface area contributed by atoms with Gasteiger partial charge in [0.2, 0.25) is 0 Å². The molecule has 0 aliphatic heterocycles. The first-order chi connectivity index (χ1) is 17.9. The molecule has 0 saturated heterocycles. The van der Waals surface area contributed by atoms with Gasteiger partial charge < -0.3 is 14.7 Å².